The van der Waals surface area contributed by atoms with Crippen molar-refractivity contribution in [2.24, 2.45) is 0 Å². The molecule has 0 bridgehead atoms. The van der Waals surface area contributed by atoms with Crippen LogP contribution >= 0.6 is 11.3 Å². The van der Waals surface area contributed by atoms with Gasteiger partial charge in [-0.3, -0.25) is 14.6 Å². The lowest BCUT2D eigenvalue weighted by atomic mass is 10.1. The maximum Gasteiger partial charge on any atom is 0.274 e. The molecule has 1 unspecified atom stereocenters. The van der Waals surface area contributed by atoms with Crippen molar-refractivity contribution in [3.8, 4) is 0 Å². The number of thiophene rings is 1. The molecule has 2 saturated heterocycles. The molecule has 8 heteroatoms. The van der Waals surface area contributed by atoms with Crippen LogP contribution in [0, 0.1) is 0 Å². The van der Waals surface area contributed by atoms with Gasteiger partial charge in [0.15, 0.2) is 0 Å². The van der Waals surface area contributed by atoms with Crippen molar-refractivity contribution < 1.29 is 9.59 Å². The summed E-state index contributed by atoms with van der Waals surface area (Å²) in [6, 6.07) is 3.87. The molecule has 0 radical (unpaired) electrons. The minimum absolute atomic E-state index is 0.0539. The van der Waals surface area contributed by atoms with Crippen LogP contribution in [-0.2, 0) is 0 Å². The summed E-state index contributed by atoms with van der Waals surface area (Å²) < 4.78 is 0. The van der Waals surface area contributed by atoms with Crippen LogP contribution in [-0.4, -0.2) is 63.8 Å². The zero-order valence-electron chi connectivity index (χ0n) is 15.1. The highest BCUT2D eigenvalue weighted by atomic mass is 32.1. The van der Waals surface area contributed by atoms with Gasteiger partial charge in [0.25, 0.3) is 11.8 Å². The number of amides is 2. The third-order valence-corrected chi connectivity index (χ3v) is 5.90. The van der Waals surface area contributed by atoms with Gasteiger partial charge in [-0.05, 0) is 37.1 Å². The third-order valence-electron chi connectivity index (χ3n) is 5.04. The summed E-state index contributed by atoms with van der Waals surface area (Å²) in [6.45, 7) is 2.98. The molecule has 0 saturated carbocycles. The van der Waals surface area contributed by atoms with E-state index in [0.29, 0.717) is 18.1 Å². The van der Waals surface area contributed by atoms with E-state index >= 15 is 0 Å². The number of nitrogens with one attached hydrogen (secondary N) is 1. The quantitative estimate of drug-likeness (QED) is 0.875. The predicted octanol–water partition coefficient (Wildman–Crippen LogP) is 2.49. The lowest BCUT2D eigenvalue weighted by Gasteiger charge is -2.33. The van der Waals surface area contributed by atoms with Crippen LogP contribution in [0.3, 0.4) is 0 Å². The SMILES string of the molecule is O=C(c1cncc(NC2CCCN(C(=O)c3cccs3)C2)n1)N1CCCC1. The number of piperidine rings is 1. The van der Waals surface area contributed by atoms with Gasteiger partial charge in [-0.2, -0.15) is 0 Å². The Morgan fingerprint density at radius 3 is 2.67 bits per heavy atom. The minimum Gasteiger partial charge on any atom is -0.364 e. The molecular weight excluding hydrogens is 362 g/mol. The molecule has 4 heterocycles. The first-order valence-corrected chi connectivity index (χ1v) is 10.3. The molecule has 4 rings (SSSR count). The molecule has 2 fully saturated rings. The van der Waals surface area contributed by atoms with E-state index in [1.165, 1.54) is 17.5 Å². The van der Waals surface area contributed by atoms with Crippen LogP contribution < -0.4 is 5.32 Å². The van der Waals surface area contributed by atoms with Gasteiger partial charge in [0.1, 0.15) is 11.5 Å². The van der Waals surface area contributed by atoms with E-state index in [4.69, 9.17) is 0 Å². The van der Waals surface area contributed by atoms with Crippen molar-refractivity contribution in [3.05, 3.63) is 40.5 Å². The molecule has 2 aromatic heterocycles. The summed E-state index contributed by atoms with van der Waals surface area (Å²) >= 11 is 1.47. The van der Waals surface area contributed by atoms with Crippen LogP contribution in [0.25, 0.3) is 0 Å². The number of anilines is 1. The molecule has 2 aliphatic heterocycles. The van der Waals surface area contributed by atoms with E-state index in [1.807, 2.05) is 27.3 Å². The largest absolute Gasteiger partial charge is 0.364 e. The Bertz CT molecular complexity index is 804. The first kappa shape index (κ1) is 17.9. The number of carbonyl (C=O) groups excluding carboxylic acids is 2. The lowest BCUT2D eigenvalue weighted by Crippen LogP contribution is -2.45. The van der Waals surface area contributed by atoms with Crippen molar-refractivity contribution in [2.45, 2.75) is 31.7 Å². The highest BCUT2D eigenvalue weighted by molar-refractivity contribution is 7.12. The molecule has 0 spiro atoms. The summed E-state index contributed by atoms with van der Waals surface area (Å²) in [7, 11) is 0. The third kappa shape index (κ3) is 4.10. The first-order valence-electron chi connectivity index (χ1n) is 9.41. The van der Waals surface area contributed by atoms with Crippen molar-refractivity contribution in [1.82, 2.24) is 19.8 Å². The van der Waals surface area contributed by atoms with Crippen LogP contribution in [0.4, 0.5) is 5.82 Å². The standard InChI is InChI=1S/C19H23N5O2S/c25-18(23-7-1-2-8-23)15-11-20-12-17(22-15)21-14-5-3-9-24(13-14)19(26)16-6-4-10-27-16/h4,6,10-12,14H,1-3,5,7-9,13H2,(H,21,22). The molecule has 7 nitrogen and oxygen atoms in total. The number of aromatic nitrogens is 2. The molecule has 0 aromatic carbocycles. The molecule has 2 aliphatic rings. The van der Waals surface area contributed by atoms with Crippen molar-refractivity contribution >= 4 is 29.0 Å². The highest BCUT2D eigenvalue weighted by Crippen LogP contribution is 2.19. The summed E-state index contributed by atoms with van der Waals surface area (Å²) in [5, 5.41) is 5.28. The van der Waals surface area contributed by atoms with E-state index in [0.717, 1.165) is 50.2 Å². The Morgan fingerprint density at radius 2 is 1.89 bits per heavy atom. The van der Waals surface area contributed by atoms with Gasteiger partial charge in [-0.25, -0.2) is 4.98 Å². The maximum absolute atomic E-state index is 12.6. The second-order valence-corrected chi connectivity index (χ2v) is 7.95. The number of carbonyl (C=O) groups is 2. The second kappa shape index (κ2) is 8.04. The monoisotopic (exact) mass is 385 g/mol. The summed E-state index contributed by atoms with van der Waals surface area (Å²) in [4.78, 5) is 38.2. The fourth-order valence-electron chi connectivity index (χ4n) is 3.67. The second-order valence-electron chi connectivity index (χ2n) is 7.00. The zero-order valence-corrected chi connectivity index (χ0v) is 16.0. The summed E-state index contributed by atoms with van der Waals surface area (Å²) in [6.07, 6.45) is 7.16. The molecule has 2 amide bonds. The van der Waals surface area contributed by atoms with Crippen molar-refractivity contribution in [3.63, 3.8) is 0 Å². The van der Waals surface area contributed by atoms with Gasteiger partial charge in [0, 0.05) is 32.2 Å². The molecular formula is C19H23N5O2S. The van der Waals surface area contributed by atoms with Gasteiger partial charge in [0.2, 0.25) is 0 Å². The van der Waals surface area contributed by atoms with Gasteiger partial charge in [-0.15, -0.1) is 11.3 Å². The van der Waals surface area contributed by atoms with E-state index in [9.17, 15) is 9.59 Å². The van der Waals surface area contributed by atoms with Crippen LogP contribution in [0.1, 0.15) is 45.8 Å². The summed E-state index contributed by atoms with van der Waals surface area (Å²) in [5.41, 5.74) is 0.379. The van der Waals surface area contributed by atoms with Crippen LogP contribution in [0.2, 0.25) is 0 Å². The maximum atomic E-state index is 12.6. The van der Waals surface area contributed by atoms with Crippen LogP contribution in [0.5, 0.6) is 0 Å². The Balaban J connectivity index is 1.40. The Labute approximate surface area is 162 Å². The van der Waals surface area contributed by atoms with E-state index in [-0.39, 0.29) is 17.9 Å². The van der Waals surface area contributed by atoms with Crippen molar-refractivity contribution in [2.75, 3.05) is 31.5 Å². The average Bonchev–Trinajstić information content (AvgIpc) is 3.41. The topological polar surface area (TPSA) is 78.4 Å². The van der Waals surface area contributed by atoms with Gasteiger partial charge in [-0.1, -0.05) is 6.07 Å². The molecule has 0 aliphatic carbocycles. The predicted molar refractivity (Wildman–Crippen MR) is 104 cm³/mol. The zero-order chi connectivity index (χ0) is 18.6. The number of hydrogen-bond acceptors (Lipinski definition) is 6. The van der Waals surface area contributed by atoms with Gasteiger partial charge in [0.05, 0.1) is 17.3 Å². The Hall–Kier alpha value is -2.48. The molecule has 27 heavy (non-hydrogen) atoms. The highest BCUT2D eigenvalue weighted by Gasteiger charge is 2.26. The number of nitrogens with zero attached hydrogens (tertiary/aromatic N) is 4. The Kier molecular flexibility index (Phi) is 5.33. The van der Waals surface area contributed by atoms with E-state index in [2.05, 4.69) is 15.3 Å². The molecule has 1 atom stereocenters. The normalized spacial score (nSPS) is 19.9. The first-order chi connectivity index (χ1) is 13.2. The number of rotatable bonds is 4. The number of likely N-dealkylation sites (tertiary alicyclic amines) is 2. The van der Waals surface area contributed by atoms with Crippen LogP contribution in [0.15, 0.2) is 29.9 Å². The smallest absolute Gasteiger partial charge is 0.274 e. The van der Waals surface area contributed by atoms with E-state index in [1.54, 1.807) is 6.20 Å². The molecule has 142 valence electrons. The van der Waals surface area contributed by atoms with Crippen molar-refractivity contribution in [1.29, 1.82) is 0 Å². The Morgan fingerprint density at radius 1 is 1.07 bits per heavy atom. The average molecular weight is 385 g/mol. The minimum atomic E-state index is -0.0539. The molecule has 1 N–H and O–H groups in total. The fourth-order valence-corrected chi connectivity index (χ4v) is 4.36. The number of hydrogen-bond donors (Lipinski definition) is 1. The summed E-state index contributed by atoms with van der Waals surface area (Å²) in [5.74, 6) is 0.623. The van der Waals surface area contributed by atoms with E-state index < -0.39 is 0 Å². The van der Waals surface area contributed by atoms with Gasteiger partial charge < -0.3 is 15.1 Å². The fraction of sp³-hybridized carbons (Fsp3) is 0.474. The molecule has 2 aromatic rings. The lowest BCUT2D eigenvalue weighted by molar-refractivity contribution is 0.0719. The van der Waals surface area contributed by atoms with Gasteiger partial charge >= 0.3 is 0 Å².